The first kappa shape index (κ1) is 12.7. The zero-order valence-corrected chi connectivity index (χ0v) is 9.51. The molecule has 0 unspecified atom stereocenters. The van der Waals surface area contributed by atoms with E-state index in [0.29, 0.717) is 5.92 Å². The lowest BCUT2D eigenvalue weighted by atomic mass is 10.0. The summed E-state index contributed by atoms with van der Waals surface area (Å²) in [4.78, 5) is 0. The van der Waals surface area contributed by atoms with Gasteiger partial charge in [-0.25, -0.2) is 0 Å². The largest absolute Gasteiger partial charge is 0.390 e. The van der Waals surface area contributed by atoms with Crippen molar-refractivity contribution in [1.82, 2.24) is 0 Å². The van der Waals surface area contributed by atoms with Crippen LogP contribution in [-0.2, 0) is 0 Å². The summed E-state index contributed by atoms with van der Waals surface area (Å²) in [6.07, 6.45) is 8.84. The lowest BCUT2D eigenvalue weighted by Crippen LogP contribution is -2.17. The lowest BCUT2D eigenvalue weighted by molar-refractivity contribution is 0.0683. The van der Waals surface area contributed by atoms with Crippen LogP contribution in [0.5, 0.6) is 0 Å². The molecule has 0 aromatic heterocycles. The third kappa shape index (κ3) is 11.7. The van der Waals surface area contributed by atoms with E-state index in [1.165, 1.54) is 6.42 Å². The van der Waals surface area contributed by atoms with Crippen molar-refractivity contribution in [3.05, 3.63) is 12.2 Å². The summed E-state index contributed by atoms with van der Waals surface area (Å²) < 4.78 is 0. The Hall–Kier alpha value is -0.300. The minimum absolute atomic E-state index is 0.484. The molecule has 0 saturated heterocycles. The predicted octanol–water partition coefficient (Wildman–Crippen LogP) is 3.53. The molecular weight excluding hydrogens is 160 g/mol. The van der Waals surface area contributed by atoms with Gasteiger partial charge in [0.25, 0.3) is 0 Å². The number of rotatable bonds is 6. The molecule has 13 heavy (non-hydrogen) atoms. The summed E-state index contributed by atoms with van der Waals surface area (Å²) in [5.74, 6) is 0.661. The Labute approximate surface area is 82.9 Å². The zero-order chi connectivity index (χ0) is 10.3. The minimum atomic E-state index is -0.484. The second kappa shape index (κ2) is 6.20. The van der Waals surface area contributed by atoms with Crippen molar-refractivity contribution >= 4 is 0 Å². The van der Waals surface area contributed by atoms with E-state index in [1.54, 1.807) is 0 Å². The topological polar surface area (TPSA) is 20.2 Å². The van der Waals surface area contributed by atoms with Crippen LogP contribution in [0.4, 0.5) is 0 Å². The SMILES string of the molecule is CC(C)/C=C/CCCCC(C)(C)O. The third-order valence-electron chi connectivity index (χ3n) is 1.93. The van der Waals surface area contributed by atoms with E-state index in [1.807, 2.05) is 13.8 Å². The Morgan fingerprint density at radius 1 is 1.23 bits per heavy atom. The molecule has 1 nitrogen and oxygen atoms in total. The Morgan fingerprint density at radius 2 is 1.85 bits per heavy atom. The van der Waals surface area contributed by atoms with Crippen molar-refractivity contribution < 1.29 is 5.11 Å². The highest BCUT2D eigenvalue weighted by Gasteiger charge is 2.10. The van der Waals surface area contributed by atoms with Crippen LogP contribution >= 0.6 is 0 Å². The van der Waals surface area contributed by atoms with Crippen LogP contribution in [0.15, 0.2) is 12.2 Å². The fourth-order valence-electron chi connectivity index (χ4n) is 1.19. The average Bonchev–Trinajstić information content (AvgIpc) is 1.93. The van der Waals surface area contributed by atoms with E-state index < -0.39 is 5.60 Å². The number of hydrogen-bond donors (Lipinski definition) is 1. The van der Waals surface area contributed by atoms with Crippen molar-refractivity contribution in [1.29, 1.82) is 0 Å². The van der Waals surface area contributed by atoms with Crippen LogP contribution in [0, 0.1) is 5.92 Å². The monoisotopic (exact) mass is 184 g/mol. The molecule has 78 valence electrons. The molecule has 1 N–H and O–H groups in total. The molecule has 0 heterocycles. The molecule has 0 aliphatic rings. The van der Waals surface area contributed by atoms with Gasteiger partial charge in [0.15, 0.2) is 0 Å². The first-order chi connectivity index (χ1) is 5.92. The summed E-state index contributed by atoms with van der Waals surface area (Å²) in [5, 5.41) is 9.44. The van der Waals surface area contributed by atoms with Gasteiger partial charge in [0.1, 0.15) is 0 Å². The maximum absolute atomic E-state index is 9.44. The number of allylic oxidation sites excluding steroid dienone is 2. The van der Waals surface area contributed by atoms with Crippen molar-refractivity contribution in [3.63, 3.8) is 0 Å². The maximum Gasteiger partial charge on any atom is 0.0591 e. The van der Waals surface area contributed by atoms with Crippen molar-refractivity contribution in [2.24, 2.45) is 5.92 Å². The highest BCUT2D eigenvalue weighted by molar-refractivity contribution is 4.84. The van der Waals surface area contributed by atoms with E-state index in [2.05, 4.69) is 26.0 Å². The number of aliphatic hydroxyl groups is 1. The van der Waals surface area contributed by atoms with E-state index >= 15 is 0 Å². The number of hydrogen-bond acceptors (Lipinski definition) is 1. The molecule has 0 saturated carbocycles. The highest BCUT2D eigenvalue weighted by atomic mass is 16.3. The molecule has 0 rings (SSSR count). The summed E-state index contributed by atoms with van der Waals surface area (Å²) in [6, 6.07) is 0. The van der Waals surface area contributed by atoms with Gasteiger partial charge in [-0.1, -0.05) is 32.4 Å². The van der Waals surface area contributed by atoms with E-state index in [-0.39, 0.29) is 0 Å². The fraction of sp³-hybridized carbons (Fsp3) is 0.833. The van der Waals surface area contributed by atoms with E-state index in [4.69, 9.17) is 0 Å². The van der Waals surface area contributed by atoms with Crippen LogP contribution in [0.25, 0.3) is 0 Å². The van der Waals surface area contributed by atoms with Gasteiger partial charge < -0.3 is 5.11 Å². The minimum Gasteiger partial charge on any atom is -0.390 e. The molecule has 0 aliphatic carbocycles. The summed E-state index contributed by atoms with van der Waals surface area (Å²) >= 11 is 0. The molecule has 0 atom stereocenters. The maximum atomic E-state index is 9.44. The fourth-order valence-corrected chi connectivity index (χ4v) is 1.19. The van der Waals surface area contributed by atoms with Crippen LogP contribution < -0.4 is 0 Å². The molecule has 0 aromatic carbocycles. The first-order valence-corrected chi connectivity index (χ1v) is 5.31. The van der Waals surface area contributed by atoms with Crippen molar-refractivity contribution in [2.75, 3.05) is 0 Å². The van der Waals surface area contributed by atoms with Crippen LogP contribution in [0.2, 0.25) is 0 Å². The third-order valence-corrected chi connectivity index (χ3v) is 1.93. The summed E-state index contributed by atoms with van der Waals surface area (Å²) in [6.45, 7) is 8.12. The Morgan fingerprint density at radius 3 is 2.31 bits per heavy atom. The molecule has 1 heteroatoms. The molecule has 0 amide bonds. The quantitative estimate of drug-likeness (QED) is 0.494. The van der Waals surface area contributed by atoms with Gasteiger partial charge in [0.2, 0.25) is 0 Å². The Balaban J connectivity index is 3.27. The van der Waals surface area contributed by atoms with Crippen molar-refractivity contribution in [3.8, 4) is 0 Å². The van der Waals surface area contributed by atoms with Gasteiger partial charge in [-0.15, -0.1) is 0 Å². The smallest absolute Gasteiger partial charge is 0.0591 e. The van der Waals surface area contributed by atoms with Crippen molar-refractivity contribution in [2.45, 2.75) is 59.0 Å². The average molecular weight is 184 g/mol. The second-order valence-corrected chi connectivity index (χ2v) is 4.73. The van der Waals surface area contributed by atoms with Gasteiger partial charge in [-0.05, 0) is 39.0 Å². The van der Waals surface area contributed by atoms with Crippen LogP contribution in [-0.4, -0.2) is 10.7 Å². The van der Waals surface area contributed by atoms with Gasteiger partial charge in [-0.3, -0.25) is 0 Å². The van der Waals surface area contributed by atoms with Gasteiger partial charge in [0, 0.05) is 0 Å². The van der Waals surface area contributed by atoms with E-state index in [9.17, 15) is 5.11 Å². The molecule has 0 aromatic rings. The van der Waals surface area contributed by atoms with Gasteiger partial charge in [-0.2, -0.15) is 0 Å². The summed E-state index contributed by atoms with van der Waals surface area (Å²) in [5.41, 5.74) is -0.484. The molecule has 0 aliphatic heterocycles. The van der Waals surface area contributed by atoms with Gasteiger partial charge in [0.05, 0.1) is 5.60 Å². The molecule has 0 fully saturated rings. The predicted molar refractivity (Wildman–Crippen MR) is 58.7 cm³/mol. The standard InChI is InChI=1S/C12H24O/c1-11(2)9-7-5-6-8-10-12(3,4)13/h7,9,11,13H,5-6,8,10H2,1-4H3/b9-7+. The Bertz CT molecular complexity index is 140. The lowest BCUT2D eigenvalue weighted by Gasteiger charge is -2.15. The normalized spacial score (nSPS) is 13.1. The Kier molecular flexibility index (Phi) is 6.06. The van der Waals surface area contributed by atoms with E-state index in [0.717, 1.165) is 19.3 Å². The highest BCUT2D eigenvalue weighted by Crippen LogP contribution is 2.13. The molecule has 0 bridgehead atoms. The van der Waals surface area contributed by atoms with Crippen LogP contribution in [0.1, 0.15) is 53.4 Å². The zero-order valence-electron chi connectivity index (χ0n) is 9.51. The molecule has 0 radical (unpaired) electrons. The number of unbranched alkanes of at least 4 members (excludes halogenated alkanes) is 2. The van der Waals surface area contributed by atoms with Crippen LogP contribution in [0.3, 0.4) is 0 Å². The molecule has 0 spiro atoms. The summed E-state index contributed by atoms with van der Waals surface area (Å²) in [7, 11) is 0. The second-order valence-electron chi connectivity index (χ2n) is 4.73. The van der Waals surface area contributed by atoms with Gasteiger partial charge >= 0.3 is 0 Å². The molecular formula is C12H24O. The first-order valence-electron chi connectivity index (χ1n) is 5.31.